The Morgan fingerprint density at radius 1 is 0.659 bits per heavy atom. The summed E-state index contributed by atoms with van der Waals surface area (Å²) in [7, 11) is 0. The number of para-hydroxylation sites is 3. The first kappa shape index (κ1) is 25.6. The fourth-order valence-corrected chi connectivity index (χ4v) is 6.43. The molecule has 5 nitrogen and oxygen atoms in total. The van der Waals surface area contributed by atoms with Gasteiger partial charge in [-0.1, -0.05) is 67.3 Å². The maximum absolute atomic E-state index is 7.79. The summed E-state index contributed by atoms with van der Waals surface area (Å²) in [4.78, 5) is 9.37. The van der Waals surface area contributed by atoms with Crippen molar-refractivity contribution < 1.29 is 0 Å². The second-order valence-corrected chi connectivity index (χ2v) is 10.8. The molecule has 44 heavy (non-hydrogen) atoms. The molecule has 1 N–H and O–H groups in total. The highest BCUT2D eigenvalue weighted by Crippen LogP contribution is 2.41. The molecule has 8 rings (SSSR count). The summed E-state index contributed by atoms with van der Waals surface area (Å²) in [6.07, 6.45) is 10.5. The third-order valence-corrected chi connectivity index (χ3v) is 8.33. The van der Waals surface area contributed by atoms with E-state index in [0.717, 1.165) is 77.4 Å². The van der Waals surface area contributed by atoms with E-state index in [1.165, 1.54) is 6.21 Å². The van der Waals surface area contributed by atoms with E-state index in [1.54, 1.807) is 12.2 Å². The minimum Gasteiger partial charge on any atom is -0.309 e. The van der Waals surface area contributed by atoms with E-state index in [2.05, 4.69) is 118 Å². The molecule has 4 aromatic carbocycles. The summed E-state index contributed by atoms with van der Waals surface area (Å²) >= 11 is 0. The molecular formula is C39H27N5. The van der Waals surface area contributed by atoms with E-state index in [4.69, 9.17) is 10.4 Å². The average molecular weight is 566 g/mol. The minimum absolute atomic E-state index is 0.875. The maximum Gasteiger partial charge on any atom is 0.0985 e. The number of pyridine rings is 2. The quantitative estimate of drug-likeness (QED) is 0.161. The summed E-state index contributed by atoms with van der Waals surface area (Å²) in [5.74, 6) is 0. The molecule has 0 fully saturated rings. The Balaban J connectivity index is 1.58. The number of nitrogens with zero attached hydrogens (tertiary/aromatic N) is 4. The van der Waals surface area contributed by atoms with Crippen LogP contribution in [0.3, 0.4) is 0 Å². The fourth-order valence-electron chi connectivity index (χ4n) is 6.43. The van der Waals surface area contributed by atoms with Crippen LogP contribution in [0.2, 0.25) is 0 Å². The molecule has 0 aliphatic heterocycles. The highest BCUT2D eigenvalue weighted by atomic mass is 15.1. The first-order chi connectivity index (χ1) is 21.8. The van der Waals surface area contributed by atoms with Gasteiger partial charge in [-0.3, -0.25) is 9.97 Å². The van der Waals surface area contributed by atoms with Crippen molar-refractivity contribution in [1.29, 1.82) is 5.41 Å². The van der Waals surface area contributed by atoms with Crippen LogP contribution in [0.4, 0.5) is 0 Å². The molecule has 0 aliphatic rings. The van der Waals surface area contributed by atoms with Crippen molar-refractivity contribution in [3.63, 3.8) is 0 Å². The van der Waals surface area contributed by atoms with Gasteiger partial charge in [0.05, 0.1) is 27.6 Å². The summed E-state index contributed by atoms with van der Waals surface area (Å²) in [6.45, 7) is 4.06. The summed E-state index contributed by atoms with van der Waals surface area (Å²) in [5, 5.41) is 11.1. The number of benzene rings is 4. The number of rotatable bonds is 6. The highest BCUT2D eigenvalue weighted by Gasteiger charge is 2.22. The number of nitrogens with one attached hydrogen (secondary N) is 1. The first-order valence-electron chi connectivity index (χ1n) is 14.5. The van der Waals surface area contributed by atoms with Gasteiger partial charge >= 0.3 is 0 Å². The number of allylic oxidation sites excluding steroid dienone is 3. The molecule has 208 valence electrons. The van der Waals surface area contributed by atoms with Gasteiger partial charge in [-0.2, -0.15) is 0 Å². The number of fused-ring (bicyclic) bond motifs is 7. The van der Waals surface area contributed by atoms with Crippen LogP contribution < -0.4 is 0 Å². The molecule has 0 amide bonds. The van der Waals surface area contributed by atoms with Gasteiger partial charge in [0.15, 0.2) is 0 Å². The standard InChI is InChI=1S/C39H27N5/c1-2-26(16-19-40)28-22-29(27-17-20-41-21-18-27)24-31(23-28)44-36-15-9-7-13-33(36)37-39(44)38-34(25-42-37)32-12-6-8-14-35(32)43(38)30-10-4-3-5-11-30/h2-25,40H,1H2/b26-16+,40-19?. The number of aromatic nitrogens is 4. The smallest absolute Gasteiger partial charge is 0.0985 e. The van der Waals surface area contributed by atoms with Gasteiger partial charge in [0, 0.05) is 52.3 Å². The Hall–Kier alpha value is -6.07. The van der Waals surface area contributed by atoms with Crippen molar-refractivity contribution in [1.82, 2.24) is 19.1 Å². The van der Waals surface area contributed by atoms with E-state index in [9.17, 15) is 0 Å². The van der Waals surface area contributed by atoms with Crippen LogP contribution in [-0.2, 0) is 0 Å². The molecule has 0 atom stereocenters. The van der Waals surface area contributed by atoms with E-state index >= 15 is 0 Å². The van der Waals surface area contributed by atoms with Gasteiger partial charge in [-0.25, -0.2) is 0 Å². The molecule has 4 heterocycles. The van der Waals surface area contributed by atoms with Crippen molar-refractivity contribution in [2.75, 3.05) is 0 Å². The number of hydrogen-bond donors (Lipinski definition) is 1. The zero-order chi connectivity index (χ0) is 29.6. The van der Waals surface area contributed by atoms with Crippen molar-refractivity contribution in [3.8, 4) is 22.5 Å². The Morgan fingerprint density at radius 2 is 1.34 bits per heavy atom. The molecule has 0 unspecified atom stereocenters. The predicted octanol–water partition coefficient (Wildman–Crippen LogP) is 9.56. The molecule has 4 aromatic heterocycles. The highest BCUT2D eigenvalue weighted by molar-refractivity contribution is 6.22. The van der Waals surface area contributed by atoms with Crippen LogP contribution >= 0.6 is 0 Å². The maximum atomic E-state index is 7.79. The molecule has 0 saturated heterocycles. The Labute approximate surface area is 254 Å². The van der Waals surface area contributed by atoms with Gasteiger partial charge in [-0.05, 0) is 82.9 Å². The van der Waals surface area contributed by atoms with E-state index < -0.39 is 0 Å². The summed E-state index contributed by atoms with van der Waals surface area (Å²) < 4.78 is 4.71. The van der Waals surface area contributed by atoms with Crippen molar-refractivity contribution in [2.24, 2.45) is 0 Å². The van der Waals surface area contributed by atoms with Crippen molar-refractivity contribution >= 4 is 55.5 Å². The topological polar surface area (TPSA) is 59.5 Å². The normalized spacial score (nSPS) is 12.0. The van der Waals surface area contributed by atoms with Crippen LogP contribution in [0.15, 0.2) is 147 Å². The zero-order valence-corrected chi connectivity index (χ0v) is 23.9. The van der Waals surface area contributed by atoms with Crippen molar-refractivity contribution in [3.05, 3.63) is 152 Å². The van der Waals surface area contributed by atoms with E-state index in [1.807, 2.05) is 30.7 Å². The Bertz CT molecular complexity index is 2410. The predicted molar refractivity (Wildman–Crippen MR) is 183 cm³/mol. The molecule has 0 aliphatic carbocycles. The lowest BCUT2D eigenvalue weighted by Gasteiger charge is -2.15. The Morgan fingerprint density at radius 3 is 2.09 bits per heavy atom. The van der Waals surface area contributed by atoms with Crippen LogP contribution in [0.25, 0.3) is 71.8 Å². The van der Waals surface area contributed by atoms with Gasteiger partial charge in [0.2, 0.25) is 0 Å². The van der Waals surface area contributed by atoms with Gasteiger partial charge < -0.3 is 14.5 Å². The molecule has 0 spiro atoms. The first-order valence-corrected chi connectivity index (χ1v) is 14.5. The van der Waals surface area contributed by atoms with Crippen LogP contribution in [-0.4, -0.2) is 25.3 Å². The third kappa shape index (κ3) is 3.91. The second kappa shape index (κ2) is 10.3. The van der Waals surface area contributed by atoms with E-state index in [0.29, 0.717) is 0 Å². The van der Waals surface area contributed by atoms with Gasteiger partial charge in [0.1, 0.15) is 0 Å². The molecule has 0 bridgehead atoms. The van der Waals surface area contributed by atoms with E-state index in [-0.39, 0.29) is 0 Å². The lowest BCUT2D eigenvalue weighted by Crippen LogP contribution is -2.00. The average Bonchev–Trinajstić information content (AvgIpc) is 3.61. The Kier molecular flexibility index (Phi) is 6.02. The number of hydrogen-bond acceptors (Lipinski definition) is 3. The molecular weight excluding hydrogens is 538 g/mol. The third-order valence-electron chi connectivity index (χ3n) is 8.33. The minimum atomic E-state index is 0.875. The molecule has 5 heteroatoms. The fraction of sp³-hybridized carbons (Fsp3) is 0. The van der Waals surface area contributed by atoms with Crippen molar-refractivity contribution in [2.45, 2.75) is 0 Å². The molecule has 0 radical (unpaired) electrons. The van der Waals surface area contributed by atoms with Gasteiger partial charge in [0.25, 0.3) is 0 Å². The second-order valence-electron chi connectivity index (χ2n) is 10.8. The largest absolute Gasteiger partial charge is 0.309 e. The lowest BCUT2D eigenvalue weighted by atomic mass is 9.98. The summed E-state index contributed by atoms with van der Waals surface area (Å²) in [5.41, 5.74) is 11.3. The molecule has 0 saturated carbocycles. The zero-order valence-electron chi connectivity index (χ0n) is 23.9. The van der Waals surface area contributed by atoms with Gasteiger partial charge in [-0.15, -0.1) is 0 Å². The lowest BCUT2D eigenvalue weighted by molar-refractivity contribution is 1.14. The SMILES string of the molecule is C=C/C(=C\C=N)c1cc(-c2ccncc2)cc(-n2c3ccccc3c3ncc4c5ccccc5n(-c5ccccc5)c4c32)c1. The molecule has 8 aromatic rings. The van der Waals surface area contributed by atoms with Crippen LogP contribution in [0, 0.1) is 5.41 Å². The van der Waals surface area contributed by atoms with Crippen LogP contribution in [0.5, 0.6) is 0 Å². The summed E-state index contributed by atoms with van der Waals surface area (Å²) in [6, 6.07) is 38.2. The van der Waals surface area contributed by atoms with Crippen LogP contribution in [0.1, 0.15) is 5.56 Å². The monoisotopic (exact) mass is 565 g/mol.